The number of likely N-dealkylation sites (tertiary alicyclic amines) is 1. The topological polar surface area (TPSA) is 41.6 Å². The summed E-state index contributed by atoms with van der Waals surface area (Å²) in [6.07, 6.45) is 2.55. The molecule has 1 amide bonds. The molecule has 0 unspecified atom stereocenters. The van der Waals surface area contributed by atoms with Crippen molar-refractivity contribution in [1.82, 2.24) is 10.2 Å². The van der Waals surface area contributed by atoms with Crippen LogP contribution in [0.3, 0.4) is 0 Å². The number of aryl methyl sites for hydroxylation is 1. The second-order valence-electron chi connectivity index (χ2n) is 5.50. The molecule has 1 aliphatic heterocycles. The van der Waals surface area contributed by atoms with Crippen molar-refractivity contribution in [2.24, 2.45) is 0 Å². The van der Waals surface area contributed by atoms with Gasteiger partial charge in [0.15, 0.2) is 6.61 Å². The Labute approximate surface area is 121 Å². The van der Waals surface area contributed by atoms with Gasteiger partial charge in [0.25, 0.3) is 5.91 Å². The van der Waals surface area contributed by atoms with Gasteiger partial charge in [-0.25, -0.2) is 0 Å². The van der Waals surface area contributed by atoms with Crippen LogP contribution in [0.4, 0.5) is 0 Å². The van der Waals surface area contributed by atoms with Crippen molar-refractivity contribution in [3.05, 3.63) is 29.8 Å². The maximum Gasteiger partial charge on any atom is 0.257 e. The van der Waals surface area contributed by atoms with Crippen molar-refractivity contribution >= 4 is 5.91 Å². The van der Waals surface area contributed by atoms with Crippen LogP contribution in [0.25, 0.3) is 0 Å². The molecule has 0 bridgehead atoms. The van der Waals surface area contributed by atoms with Crippen LogP contribution in [0.2, 0.25) is 0 Å². The monoisotopic (exact) mass is 276 g/mol. The first kappa shape index (κ1) is 14.9. The fourth-order valence-corrected chi connectivity index (χ4v) is 2.41. The molecule has 0 saturated carbocycles. The van der Waals surface area contributed by atoms with Crippen LogP contribution in [0.1, 0.15) is 25.3 Å². The minimum absolute atomic E-state index is 0.0587. The number of rotatable bonds is 6. The zero-order valence-electron chi connectivity index (χ0n) is 12.4. The molecule has 0 spiro atoms. The van der Waals surface area contributed by atoms with Crippen LogP contribution in [-0.4, -0.2) is 43.1 Å². The molecule has 4 heteroatoms. The molecule has 2 rings (SSSR count). The zero-order valence-corrected chi connectivity index (χ0v) is 12.4. The van der Waals surface area contributed by atoms with E-state index in [1.165, 1.54) is 18.4 Å². The molecule has 1 N–H and O–H groups in total. The highest BCUT2D eigenvalue weighted by Gasteiger charge is 2.18. The summed E-state index contributed by atoms with van der Waals surface area (Å²) in [6.45, 7) is 7.25. The van der Waals surface area contributed by atoms with Gasteiger partial charge in [0.1, 0.15) is 5.75 Å². The first-order chi connectivity index (χ1) is 9.65. The lowest BCUT2D eigenvalue weighted by Gasteiger charge is -2.23. The summed E-state index contributed by atoms with van der Waals surface area (Å²) in [5.41, 5.74) is 1.18. The minimum atomic E-state index is -0.0587. The van der Waals surface area contributed by atoms with Crippen LogP contribution in [-0.2, 0) is 4.79 Å². The summed E-state index contributed by atoms with van der Waals surface area (Å²) in [5, 5.41) is 2.94. The van der Waals surface area contributed by atoms with Gasteiger partial charge in [-0.05, 0) is 51.9 Å². The minimum Gasteiger partial charge on any atom is -0.484 e. The van der Waals surface area contributed by atoms with Crippen LogP contribution >= 0.6 is 0 Å². The average Bonchev–Trinajstić information content (AvgIpc) is 2.98. The second-order valence-corrected chi connectivity index (χ2v) is 5.50. The van der Waals surface area contributed by atoms with Gasteiger partial charge in [-0.2, -0.15) is 0 Å². The molecule has 1 aromatic rings. The van der Waals surface area contributed by atoms with Gasteiger partial charge < -0.3 is 10.1 Å². The molecule has 1 aliphatic rings. The van der Waals surface area contributed by atoms with Crippen LogP contribution in [0, 0.1) is 6.92 Å². The number of carbonyl (C=O) groups is 1. The quantitative estimate of drug-likeness (QED) is 0.864. The molecule has 4 nitrogen and oxygen atoms in total. The van der Waals surface area contributed by atoms with E-state index in [-0.39, 0.29) is 12.5 Å². The van der Waals surface area contributed by atoms with E-state index in [1.54, 1.807) is 0 Å². The highest BCUT2D eigenvalue weighted by Crippen LogP contribution is 2.12. The third-order valence-electron chi connectivity index (χ3n) is 3.75. The lowest BCUT2D eigenvalue weighted by atomic mass is 10.2. The Bertz CT molecular complexity index is 425. The lowest BCUT2D eigenvalue weighted by molar-refractivity contribution is -0.123. The average molecular weight is 276 g/mol. The second kappa shape index (κ2) is 7.29. The van der Waals surface area contributed by atoms with Crippen molar-refractivity contribution in [3.63, 3.8) is 0 Å². The Kier molecular flexibility index (Phi) is 5.41. The molecule has 0 aromatic heterocycles. The Morgan fingerprint density at radius 2 is 1.95 bits per heavy atom. The molecule has 1 aromatic carbocycles. The maximum absolute atomic E-state index is 11.7. The summed E-state index contributed by atoms with van der Waals surface area (Å²) in [4.78, 5) is 14.2. The van der Waals surface area contributed by atoms with Gasteiger partial charge in [-0.1, -0.05) is 17.7 Å². The summed E-state index contributed by atoms with van der Waals surface area (Å²) >= 11 is 0. The van der Waals surface area contributed by atoms with Crippen molar-refractivity contribution in [2.45, 2.75) is 32.7 Å². The maximum atomic E-state index is 11.7. The summed E-state index contributed by atoms with van der Waals surface area (Å²) in [7, 11) is 0. The lowest BCUT2D eigenvalue weighted by Crippen LogP contribution is -2.42. The number of amides is 1. The van der Waals surface area contributed by atoms with Gasteiger partial charge in [0.2, 0.25) is 0 Å². The summed E-state index contributed by atoms with van der Waals surface area (Å²) in [6, 6.07) is 8.12. The number of hydrogen-bond acceptors (Lipinski definition) is 3. The van der Waals surface area contributed by atoms with Gasteiger partial charge in [-0.15, -0.1) is 0 Å². The number of nitrogens with zero attached hydrogens (tertiary/aromatic N) is 1. The highest BCUT2D eigenvalue weighted by molar-refractivity contribution is 5.77. The van der Waals surface area contributed by atoms with E-state index in [2.05, 4.69) is 17.1 Å². The van der Waals surface area contributed by atoms with E-state index in [0.29, 0.717) is 12.6 Å². The van der Waals surface area contributed by atoms with Gasteiger partial charge in [0.05, 0.1) is 0 Å². The van der Waals surface area contributed by atoms with E-state index in [4.69, 9.17) is 4.74 Å². The fourth-order valence-electron chi connectivity index (χ4n) is 2.41. The van der Waals surface area contributed by atoms with Crippen molar-refractivity contribution in [3.8, 4) is 5.75 Å². The van der Waals surface area contributed by atoms with Crippen molar-refractivity contribution in [2.75, 3.05) is 26.2 Å². The first-order valence-electron chi connectivity index (χ1n) is 7.35. The Balaban J connectivity index is 1.66. The van der Waals surface area contributed by atoms with Crippen molar-refractivity contribution in [1.29, 1.82) is 0 Å². The largest absolute Gasteiger partial charge is 0.484 e. The van der Waals surface area contributed by atoms with Gasteiger partial charge in [0, 0.05) is 12.6 Å². The molecule has 1 saturated heterocycles. The van der Waals surface area contributed by atoms with E-state index < -0.39 is 0 Å². The molecular weight excluding hydrogens is 252 g/mol. The first-order valence-corrected chi connectivity index (χ1v) is 7.35. The van der Waals surface area contributed by atoms with Gasteiger partial charge >= 0.3 is 0 Å². The van der Waals surface area contributed by atoms with E-state index in [0.717, 1.165) is 18.8 Å². The summed E-state index contributed by atoms with van der Waals surface area (Å²) < 4.78 is 5.45. The third kappa shape index (κ3) is 4.53. The number of hydrogen-bond donors (Lipinski definition) is 1. The molecular formula is C16H24N2O2. The van der Waals surface area contributed by atoms with Crippen LogP contribution < -0.4 is 10.1 Å². The number of ether oxygens (including phenoxy) is 1. The number of benzene rings is 1. The fraction of sp³-hybridized carbons (Fsp3) is 0.562. The molecule has 110 valence electrons. The normalized spacial score (nSPS) is 16.9. The molecule has 20 heavy (non-hydrogen) atoms. The van der Waals surface area contributed by atoms with Gasteiger partial charge in [-0.3, -0.25) is 9.69 Å². The third-order valence-corrected chi connectivity index (χ3v) is 3.75. The smallest absolute Gasteiger partial charge is 0.257 e. The highest BCUT2D eigenvalue weighted by atomic mass is 16.5. The zero-order chi connectivity index (χ0) is 14.4. The molecule has 0 radical (unpaired) electrons. The molecule has 1 heterocycles. The standard InChI is InChI=1S/C16H24N2O2/c1-13-5-7-15(8-6-13)20-12-16(19)17-11-14(2)18-9-3-4-10-18/h5-8,14H,3-4,9-12H2,1-2H3,(H,17,19)/t14-/m1/s1. The van der Waals surface area contributed by atoms with E-state index in [9.17, 15) is 4.79 Å². The van der Waals surface area contributed by atoms with Crippen LogP contribution in [0.15, 0.2) is 24.3 Å². The van der Waals surface area contributed by atoms with Crippen LogP contribution in [0.5, 0.6) is 5.75 Å². The molecule has 1 fully saturated rings. The van der Waals surface area contributed by atoms with E-state index in [1.807, 2.05) is 31.2 Å². The predicted molar refractivity (Wildman–Crippen MR) is 80.0 cm³/mol. The molecule has 1 atom stereocenters. The Morgan fingerprint density at radius 1 is 1.30 bits per heavy atom. The Morgan fingerprint density at radius 3 is 2.60 bits per heavy atom. The predicted octanol–water partition coefficient (Wildman–Crippen LogP) is 1.97. The molecule has 0 aliphatic carbocycles. The SMILES string of the molecule is Cc1ccc(OCC(=O)NC[C@@H](C)N2CCCC2)cc1. The number of nitrogens with one attached hydrogen (secondary N) is 1. The summed E-state index contributed by atoms with van der Waals surface area (Å²) in [5.74, 6) is 0.676. The number of carbonyl (C=O) groups excluding carboxylic acids is 1. The van der Waals surface area contributed by atoms with Crippen molar-refractivity contribution < 1.29 is 9.53 Å². The van der Waals surface area contributed by atoms with E-state index >= 15 is 0 Å². The Hall–Kier alpha value is -1.55.